The minimum Gasteiger partial charge on any atom is -0.329 e. The molecule has 7 heteroatoms. The van der Waals surface area contributed by atoms with E-state index in [4.69, 9.17) is 0 Å². The maximum Gasteiger partial charge on any atom is 0.471 e. The van der Waals surface area contributed by atoms with Crippen molar-refractivity contribution in [3.05, 3.63) is 35.7 Å². The average molecular weight is 271 g/mol. The molecule has 1 N–H and O–H groups in total. The molecule has 0 saturated carbocycles. The molecule has 0 saturated heterocycles. The van der Waals surface area contributed by atoms with E-state index >= 15 is 0 Å². The van der Waals surface area contributed by atoms with Crippen LogP contribution in [-0.4, -0.2) is 16.7 Å². The summed E-state index contributed by atoms with van der Waals surface area (Å²) < 4.78 is 41.1. The molecule has 0 spiro atoms. The van der Waals surface area contributed by atoms with Gasteiger partial charge >= 0.3 is 12.1 Å². The highest BCUT2D eigenvalue weighted by molar-refractivity contribution is 5.54. The first-order valence-corrected chi connectivity index (χ1v) is 5.71. The van der Waals surface area contributed by atoms with Crippen LogP contribution in [0.15, 0.2) is 28.8 Å². The number of hydrogen-bond donors (Lipinski definition) is 1. The van der Waals surface area contributed by atoms with Crippen LogP contribution in [0.2, 0.25) is 0 Å². The molecule has 102 valence electrons. The zero-order valence-electron chi connectivity index (χ0n) is 10.2. The molecule has 0 radical (unpaired) electrons. The number of benzene rings is 1. The van der Waals surface area contributed by atoms with Crippen molar-refractivity contribution < 1.29 is 17.7 Å². The Morgan fingerprint density at radius 1 is 1.21 bits per heavy atom. The molecule has 0 aliphatic carbocycles. The van der Waals surface area contributed by atoms with Gasteiger partial charge in [0.15, 0.2) is 0 Å². The summed E-state index contributed by atoms with van der Waals surface area (Å²) in [5.41, 5.74) is 1.52. The zero-order valence-corrected chi connectivity index (χ0v) is 10.2. The molecule has 4 nitrogen and oxygen atoms in total. The van der Waals surface area contributed by atoms with E-state index in [-0.39, 0.29) is 5.82 Å². The summed E-state index contributed by atoms with van der Waals surface area (Å²) in [6, 6.07) is 6.94. The molecule has 0 aliphatic rings. The normalized spacial score (nSPS) is 11.8. The summed E-state index contributed by atoms with van der Waals surface area (Å²) in [6.07, 6.45) is -4.61. The number of aromatic nitrogens is 2. The van der Waals surface area contributed by atoms with Crippen LogP contribution >= 0.6 is 0 Å². The fourth-order valence-electron chi connectivity index (χ4n) is 1.50. The minimum absolute atomic E-state index is 0.0673. The van der Waals surface area contributed by atoms with Gasteiger partial charge in [0.05, 0.1) is 0 Å². The van der Waals surface area contributed by atoms with E-state index < -0.39 is 12.1 Å². The molecular weight excluding hydrogens is 259 g/mol. The number of nitrogens with one attached hydrogen (secondary N) is 1. The molecule has 0 unspecified atom stereocenters. The summed E-state index contributed by atoms with van der Waals surface area (Å²) >= 11 is 0. The predicted octanol–water partition coefficient (Wildman–Crippen LogP) is 2.86. The van der Waals surface area contributed by atoms with Crippen LogP contribution in [0.1, 0.15) is 18.4 Å². The number of rotatable bonds is 4. The Bertz CT molecular complexity index is 534. The fourth-order valence-corrected chi connectivity index (χ4v) is 1.50. The van der Waals surface area contributed by atoms with Gasteiger partial charge in [-0.05, 0) is 12.1 Å². The van der Waals surface area contributed by atoms with Crippen molar-refractivity contribution in [2.24, 2.45) is 0 Å². The topological polar surface area (TPSA) is 51.0 Å². The van der Waals surface area contributed by atoms with Crippen LogP contribution in [0, 0.1) is 0 Å². The smallest absolute Gasteiger partial charge is 0.329 e. The number of alkyl halides is 3. The van der Waals surface area contributed by atoms with E-state index in [0.29, 0.717) is 12.1 Å². The van der Waals surface area contributed by atoms with Crippen LogP contribution in [0.5, 0.6) is 0 Å². The molecule has 0 aliphatic heterocycles. The molecule has 19 heavy (non-hydrogen) atoms. The largest absolute Gasteiger partial charge is 0.471 e. The molecule has 0 atom stereocenters. The quantitative estimate of drug-likeness (QED) is 0.929. The number of hydrogen-bond acceptors (Lipinski definition) is 4. The summed E-state index contributed by atoms with van der Waals surface area (Å²) in [4.78, 5) is 3.33. The second-order valence-corrected chi connectivity index (χ2v) is 3.90. The highest BCUT2D eigenvalue weighted by Gasteiger charge is 2.38. The van der Waals surface area contributed by atoms with Crippen molar-refractivity contribution in [1.82, 2.24) is 15.5 Å². The van der Waals surface area contributed by atoms with Gasteiger partial charge in [-0.3, -0.25) is 0 Å². The molecule has 2 rings (SSSR count). The van der Waals surface area contributed by atoms with Gasteiger partial charge in [0.1, 0.15) is 0 Å². The third-order valence-electron chi connectivity index (χ3n) is 2.46. The summed E-state index contributed by atoms with van der Waals surface area (Å²) in [5, 5.41) is 6.47. The van der Waals surface area contributed by atoms with E-state index in [0.717, 1.165) is 12.1 Å². The van der Waals surface area contributed by atoms with Crippen LogP contribution in [-0.2, 0) is 12.7 Å². The lowest BCUT2D eigenvalue weighted by molar-refractivity contribution is -0.159. The average Bonchev–Trinajstić information content (AvgIpc) is 2.86. The lowest BCUT2D eigenvalue weighted by Crippen LogP contribution is -2.11. The van der Waals surface area contributed by atoms with Gasteiger partial charge in [-0.2, -0.15) is 18.2 Å². The van der Waals surface area contributed by atoms with Crippen LogP contribution < -0.4 is 5.32 Å². The van der Waals surface area contributed by atoms with Gasteiger partial charge in [-0.25, -0.2) is 0 Å². The van der Waals surface area contributed by atoms with Crippen molar-refractivity contribution in [3.63, 3.8) is 0 Å². The molecule has 0 amide bonds. The minimum atomic E-state index is -4.61. The van der Waals surface area contributed by atoms with Gasteiger partial charge < -0.3 is 9.84 Å². The molecular formula is C12H12F3N3O. The highest BCUT2D eigenvalue weighted by atomic mass is 19.4. The Morgan fingerprint density at radius 3 is 2.42 bits per heavy atom. The Labute approximate surface area is 107 Å². The van der Waals surface area contributed by atoms with Crippen LogP contribution in [0.4, 0.5) is 13.2 Å². The van der Waals surface area contributed by atoms with Crippen molar-refractivity contribution in [2.45, 2.75) is 19.6 Å². The molecule has 2 aromatic rings. The standard InChI is InChI=1S/C12H12F3N3O/c1-2-16-7-8-3-5-9(6-4-8)10-17-11(19-18-10)12(13,14)15/h3-6,16H,2,7H2,1H3. The SMILES string of the molecule is CCNCc1ccc(-c2noc(C(F)(F)F)n2)cc1. The van der Waals surface area contributed by atoms with Gasteiger partial charge in [0.25, 0.3) is 0 Å². The lowest BCUT2D eigenvalue weighted by atomic mass is 10.1. The van der Waals surface area contributed by atoms with E-state index in [2.05, 4.69) is 20.0 Å². The third-order valence-corrected chi connectivity index (χ3v) is 2.46. The Morgan fingerprint density at radius 2 is 1.89 bits per heavy atom. The summed E-state index contributed by atoms with van der Waals surface area (Å²) in [5.74, 6) is -1.40. The molecule has 0 bridgehead atoms. The van der Waals surface area contributed by atoms with E-state index in [9.17, 15) is 13.2 Å². The first kappa shape index (κ1) is 13.5. The van der Waals surface area contributed by atoms with Crippen molar-refractivity contribution in [2.75, 3.05) is 6.54 Å². The van der Waals surface area contributed by atoms with Gasteiger partial charge in [0.2, 0.25) is 5.82 Å². The first-order chi connectivity index (χ1) is 9.00. The second kappa shape index (κ2) is 5.40. The number of halogens is 3. The molecule has 0 fully saturated rings. The number of nitrogens with zero attached hydrogens (tertiary/aromatic N) is 2. The second-order valence-electron chi connectivity index (χ2n) is 3.90. The highest BCUT2D eigenvalue weighted by Crippen LogP contribution is 2.29. The van der Waals surface area contributed by atoms with E-state index in [1.165, 1.54) is 0 Å². The molecule has 1 heterocycles. The fraction of sp³-hybridized carbons (Fsp3) is 0.333. The lowest BCUT2D eigenvalue weighted by Gasteiger charge is -2.02. The maximum absolute atomic E-state index is 12.3. The van der Waals surface area contributed by atoms with Gasteiger partial charge in [-0.15, -0.1) is 0 Å². The molecule has 1 aromatic heterocycles. The van der Waals surface area contributed by atoms with E-state index in [1.807, 2.05) is 19.1 Å². The van der Waals surface area contributed by atoms with Crippen molar-refractivity contribution >= 4 is 0 Å². The Hall–Kier alpha value is -1.89. The van der Waals surface area contributed by atoms with Crippen molar-refractivity contribution in [1.29, 1.82) is 0 Å². The Balaban J connectivity index is 2.16. The van der Waals surface area contributed by atoms with E-state index in [1.54, 1.807) is 12.1 Å². The predicted molar refractivity (Wildman–Crippen MR) is 62.1 cm³/mol. The maximum atomic E-state index is 12.3. The Kier molecular flexibility index (Phi) is 3.84. The zero-order chi connectivity index (χ0) is 13.9. The third kappa shape index (κ3) is 3.31. The van der Waals surface area contributed by atoms with Crippen molar-refractivity contribution in [3.8, 4) is 11.4 Å². The van der Waals surface area contributed by atoms with Gasteiger partial charge in [-0.1, -0.05) is 36.3 Å². The summed E-state index contributed by atoms with van der Waals surface area (Å²) in [6.45, 7) is 3.55. The van der Waals surface area contributed by atoms with Crippen LogP contribution in [0.3, 0.4) is 0 Å². The van der Waals surface area contributed by atoms with Gasteiger partial charge in [0, 0.05) is 12.1 Å². The van der Waals surface area contributed by atoms with Crippen LogP contribution in [0.25, 0.3) is 11.4 Å². The molecule has 1 aromatic carbocycles. The summed E-state index contributed by atoms with van der Waals surface area (Å²) in [7, 11) is 0. The monoisotopic (exact) mass is 271 g/mol. The first-order valence-electron chi connectivity index (χ1n) is 5.71.